The first kappa shape index (κ1) is 24.1. The van der Waals surface area contributed by atoms with E-state index in [1.54, 1.807) is 11.8 Å². The van der Waals surface area contributed by atoms with Crippen molar-refractivity contribution in [1.82, 2.24) is 14.9 Å². The lowest BCUT2D eigenvalue weighted by molar-refractivity contribution is -0.286. The van der Waals surface area contributed by atoms with E-state index in [2.05, 4.69) is 24.8 Å². The highest BCUT2D eigenvalue weighted by molar-refractivity contribution is 7.22. The number of alkyl halides is 4. The standard InChI is InChI=1S/C23H20F4N4O5S/c1-10(19(32)30-21-29-15-4-16-17(5-18(15)37-21)36-23(26,27)35-16)31-3-2-22(24,25)14(7-31)11-6-28-20(33)13-9-34-8-12(11)13/h4-6,10,14H,2-3,7-9H2,1H3,(H,28,33)(H,29,30,32)/t10-,14-/m0/s1. The van der Waals surface area contributed by atoms with Gasteiger partial charge in [-0.05, 0) is 18.1 Å². The van der Waals surface area contributed by atoms with Crippen LogP contribution >= 0.6 is 11.3 Å². The Kier molecular flexibility index (Phi) is 5.47. The second kappa shape index (κ2) is 8.39. The maximum absolute atomic E-state index is 15.0. The molecule has 0 spiro atoms. The van der Waals surface area contributed by atoms with Crippen molar-refractivity contribution in [2.24, 2.45) is 0 Å². The molecule has 3 aromatic rings. The van der Waals surface area contributed by atoms with Crippen molar-refractivity contribution in [3.63, 3.8) is 0 Å². The minimum atomic E-state index is -3.75. The minimum absolute atomic E-state index is 0.00438. The van der Waals surface area contributed by atoms with Gasteiger partial charge in [0.05, 0.1) is 35.4 Å². The van der Waals surface area contributed by atoms with Crippen molar-refractivity contribution in [1.29, 1.82) is 0 Å². The number of ether oxygens (including phenoxy) is 3. The first-order valence-corrected chi connectivity index (χ1v) is 12.3. The van der Waals surface area contributed by atoms with Crippen molar-refractivity contribution in [3.8, 4) is 11.5 Å². The number of thiazole rings is 1. The smallest absolute Gasteiger partial charge is 0.395 e. The van der Waals surface area contributed by atoms with Crippen LogP contribution in [0, 0.1) is 0 Å². The molecule has 0 aliphatic carbocycles. The van der Waals surface area contributed by atoms with Gasteiger partial charge in [0.2, 0.25) is 5.91 Å². The molecule has 14 heteroatoms. The number of piperidine rings is 1. The van der Waals surface area contributed by atoms with Crippen LogP contribution in [0.4, 0.5) is 22.7 Å². The molecule has 0 radical (unpaired) electrons. The van der Waals surface area contributed by atoms with E-state index in [4.69, 9.17) is 4.74 Å². The second-order valence-electron chi connectivity index (χ2n) is 9.20. The Morgan fingerprint density at radius 1 is 1.22 bits per heavy atom. The molecule has 1 fully saturated rings. The van der Waals surface area contributed by atoms with E-state index in [1.165, 1.54) is 18.3 Å². The molecule has 2 aromatic heterocycles. The average Bonchev–Trinajstić information content (AvgIpc) is 3.53. The summed E-state index contributed by atoms with van der Waals surface area (Å²) in [6.07, 6.45) is -2.88. The van der Waals surface area contributed by atoms with Gasteiger partial charge in [0, 0.05) is 43.4 Å². The van der Waals surface area contributed by atoms with Crippen LogP contribution < -0.4 is 20.3 Å². The summed E-state index contributed by atoms with van der Waals surface area (Å²) in [5.41, 5.74) is 1.15. The number of likely N-dealkylation sites (tertiary alicyclic amines) is 1. The van der Waals surface area contributed by atoms with Gasteiger partial charge in [-0.15, -0.1) is 8.78 Å². The maximum atomic E-state index is 15.0. The highest BCUT2D eigenvalue weighted by Crippen LogP contribution is 2.45. The molecule has 196 valence electrons. The van der Waals surface area contributed by atoms with Crippen LogP contribution in [0.5, 0.6) is 11.5 Å². The van der Waals surface area contributed by atoms with Gasteiger partial charge < -0.3 is 24.5 Å². The molecule has 6 rings (SSSR count). The van der Waals surface area contributed by atoms with E-state index >= 15 is 8.78 Å². The monoisotopic (exact) mass is 540 g/mol. The Balaban J connectivity index is 1.19. The van der Waals surface area contributed by atoms with Gasteiger partial charge in [-0.2, -0.15) is 0 Å². The lowest BCUT2D eigenvalue weighted by Crippen LogP contribution is -2.52. The van der Waals surface area contributed by atoms with E-state index in [0.29, 0.717) is 26.9 Å². The highest BCUT2D eigenvalue weighted by Gasteiger charge is 2.48. The van der Waals surface area contributed by atoms with E-state index in [0.717, 1.165) is 11.3 Å². The predicted octanol–water partition coefficient (Wildman–Crippen LogP) is 3.79. The second-order valence-corrected chi connectivity index (χ2v) is 10.2. The van der Waals surface area contributed by atoms with Gasteiger partial charge in [-0.3, -0.25) is 14.5 Å². The average molecular weight is 540 g/mol. The number of benzene rings is 1. The molecule has 2 atom stereocenters. The summed E-state index contributed by atoms with van der Waals surface area (Å²) >= 11 is 1.06. The normalized spacial score (nSPS) is 22.7. The fraction of sp³-hybridized carbons (Fsp3) is 0.435. The third-order valence-electron chi connectivity index (χ3n) is 6.94. The Labute approximate surface area is 210 Å². The maximum Gasteiger partial charge on any atom is 0.586 e. The summed E-state index contributed by atoms with van der Waals surface area (Å²) in [6, 6.07) is 1.88. The molecule has 37 heavy (non-hydrogen) atoms. The van der Waals surface area contributed by atoms with E-state index < -0.39 is 36.5 Å². The summed E-state index contributed by atoms with van der Waals surface area (Å²) in [4.78, 5) is 33.5. The first-order valence-electron chi connectivity index (χ1n) is 11.4. The summed E-state index contributed by atoms with van der Waals surface area (Å²) < 4.78 is 71.4. The Bertz CT molecular complexity index is 1430. The van der Waals surface area contributed by atoms with Gasteiger partial charge in [0.15, 0.2) is 16.6 Å². The van der Waals surface area contributed by atoms with Crippen LogP contribution in [0.15, 0.2) is 23.1 Å². The fourth-order valence-corrected chi connectivity index (χ4v) is 5.80. The van der Waals surface area contributed by atoms with Gasteiger partial charge in [-0.1, -0.05) is 11.3 Å². The number of aromatic amines is 1. The van der Waals surface area contributed by atoms with Crippen LogP contribution in [0.3, 0.4) is 0 Å². The quantitative estimate of drug-likeness (QED) is 0.485. The number of pyridine rings is 1. The number of hydrogen-bond donors (Lipinski definition) is 2. The van der Waals surface area contributed by atoms with Gasteiger partial charge in [0.1, 0.15) is 0 Å². The SMILES string of the molecule is C[C@@H](C(=O)Nc1nc2cc3c(cc2s1)OC(F)(F)O3)N1CCC(F)(F)[C@H](c2c[nH]c(=O)c3c2COC3)C1. The summed E-state index contributed by atoms with van der Waals surface area (Å²) in [5, 5.41) is 2.91. The Hall–Kier alpha value is -3.23. The molecule has 1 saturated heterocycles. The number of anilines is 1. The van der Waals surface area contributed by atoms with Crippen LogP contribution in [0.25, 0.3) is 10.2 Å². The Morgan fingerprint density at radius 2 is 1.95 bits per heavy atom. The van der Waals surface area contributed by atoms with Crippen molar-refractivity contribution < 1.29 is 36.6 Å². The van der Waals surface area contributed by atoms with Crippen molar-refractivity contribution in [2.45, 2.75) is 50.7 Å². The zero-order valence-electron chi connectivity index (χ0n) is 19.3. The molecule has 0 unspecified atom stereocenters. The molecule has 0 saturated carbocycles. The van der Waals surface area contributed by atoms with Gasteiger partial charge in [-0.25, -0.2) is 13.8 Å². The number of halogens is 4. The number of hydrogen-bond acceptors (Lipinski definition) is 8. The van der Waals surface area contributed by atoms with Gasteiger partial charge in [0.25, 0.3) is 11.5 Å². The molecule has 5 heterocycles. The molecule has 2 N–H and O–H groups in total. The number of carbonyl (C=O) groups is 1. The minimum Gasteiger partial charge on any atom is -0.395 e. The number of rotatable bonds is 4. The lowest BCUT2D eigenvalue weighted by Gasteiger charge is -2.41. The van der Waals surface area contributed by atoms with Crippen LogP contribution in [0.2, 0.25) is 0 Å². The van der Waals surface area contributed by atoms with E-state index in [1.807, 2.05) is 0 Å². The van der Waals surface area contributed by atoms with Crippen LogP contribution in [0.1, 0.15) is 36.0 Å². The third kappa shape index (κ3) is 4.22. The number of aromatic nitrogens is 2. The number of fused-ring (bicyclic) bond motifs is 3. The summed E-state index contributed by atoms with van der Waals surface area (Å²) in [7, 11) is 0. The number of nitrogens with zero attached hydrogens (tertiary/aromatic N) is 2. The van der Waals surface area contributed by atoms with Crippen molar-refractivity contribution in [2.75, 3.05) is 18.4 Å². The molecule has 1 amide bonds. The molecular weight excluding hydrogens is 520 g/mol. The molecule has 3 aliphatic heterocycles. The molecule has 3 aliphatic rings. The molecule has 9 nitrogen and oxygen atoms in total. The summed E-state index contributed by atoms with van der Waals surface area (Å²) in [6.45, 7) is 1.67. The number of nitrogens with one attached hydrogen (secondary N) is 2. The van der Waals surface area contributed by atoms with E-state index in [-0.39, 0.29) is 48.5 Å². The fourth-order valence-electron chi connectivity index (χ4n) is 4.92. The zero-order valence-corrected chi connectivity index (χ0v) is 20.1. The topological polar surface area (TPSA) is 106 Å². The number of carbonyl (C=O) groups excluding carboxylic acids is 1. The van der Waals surface area contributed by atoms with Crippen LogP contribution in [-0.4, -0.2) is 52.1 Å². The number of amides is 1. The predicted molar refractivity (Wildman–Crippen MR) is 123 cm³/mol. The highest BCUT2D eigenvalue weighted by atomic mass is 32.1. The molecular formula is C23H20F4N4O5S. The Morgan fingerprint density at radius 3 is 2.73 bits per heavy atom. The molecule has 1 aromatic carbocycles. The first-order chi connectivity index (χ1) is 17.5. The number of H-pyrrole nitrogens is 1. The summed E-state index contributed by atoms with van der Waals surface area (Å²) in [5.74, 6) is -5.01. The van der Waals surface area contributed by atoms with Crippen LogP contribution in [-0.2, 0) is 22.7 Å². The van der Waals surface area contributed by atoms with Crippen molar-refractivity contribution >= 4 is 32.6 Å². The molecule has 0 bridgehead atoms. The largest absolute Gasteiger partial charge is 0.586 e. The lowest BCUT2D eigenvalue weighted by atomic mass is 9.84. The van der Waals surface area contributed by atoms with Crippen molar-refractivity contribution in [3.05, 3.63) is 45.4 Å². The van der Waals surface area contributed by atoms with Gasteiger partial charge >= 0.3 is 6.29 Å². The zero-order chi connectivity index (χ0) is 26.1. The van der Waals surface area contributed by atoms with E-state index in [9.17, 15) is 18.4 Å². The third-order valence-corrected chi connectivity index (χ3v) is 7.88.